The number of hydrogen-bond acceptors (Lipinski definition) is 3. The Labute approximate surface area is 117 Å². The van der Waals surface area contributed by atoms with Crippen LogP contribution in [0.2, 0.25) is 5.02 Å². The van der Waals surface area contributed by atoms with Crippen molar-refractivity contribution >= 4 is 17.3 Å². The van der Waals surface area contributed by atoms with Gasteiger partial charge in [0.05, 0.1) is 22.3 Å². The Morgan fingerprint density at radius 1 is 1.16 bits per heavy atom. The van der Waals surface area contributed by atoms with E-state index in [2.05, 4.69) is 5.32 Å². The minimum Gasteiger partial charge on any atom is -0.492 e. The van der Waals surface area contributed by atoms with E-state index in [1.807, 2.05) is 36.4 Å². The summed E-state index contributed by atoms with van der Waals surface area (Å²) in [5.41, 5.74) is 1.36. The number of benzene rings is 2. The van der Waals surface area contributed by atoms with Gasteiger partial charge in [-0.1, -0.05) is 29.8 Å². The molecule has 1 N–H and O–H groups in total. The van der Waals surface area contributed by atoms with E-state index in [9.17, 15) is 0 Å². The van der Waals surface area contributed by atoms with Gasteiger partial charge in [0.2, 0.25) is 0 Å². The number of nitrogens with zero attached hydrogens (tertiary/aromatic N) is 1. The third kappa shape index (κ3) is 3.90. The molecule has 0 amide bonds. The number of ether oxygens (including phenoxy) is 1. The van der Waals surface area contributed by atoms with Crippen LogP contribution in [0.25, 0.3) is 0 Å². The van der Waals surface area contributed by atoms with Crippen molar-refractivity contribution in [2.45, 2.75) is 0 Å². The van der Waals surface area contributed by atoms with Gasteiger partial charge in [-0.05, 0) is 30.3 Å². The molecule has 3 nitrogen and oxygen atoms in total. The molecule has 0 aliphatic rings. The summed E-state index contributed by atoms with van der Waals surface area (Å²) < 4.78 is 5.55. The van der Waals surface area contributed by atoms with Gasteiger partial charge in [0.15, 0.2) is 0 Å². The maximum absolute atomic E-state index is 8.74. The Kier molecular flexibility index (Phi) is 4.66. The predicted octanol–water partition coefficient (Wildman–Crippen LogP) is 3.70. The topological polar surface area (TPSA) is 45.0 Å². The van der Waals surface area contributed by atoms with Crippen LogP contribution < -0.4 is 10.1 Å². The first-order chi connectivity index (χ1) is 9.29. The molecule has 0 heterocycles. The highest BCUT2D eigenvalue weighted by molar-refractivity contribution is 6.33. The average molecular weight is 273 g/mol. The summed E-state index contributed by atoms with van der Waals surface area (Å²) >= 11 is 6.05. The Bertz CT molecular complexity index is 578. The molecule has 0 aliphatic heterocycles. The van der Waals surface area contributed by atoms with Gasteiger partial charge >= 0.3 is 0 Å². The maximum Gasteiger partial charge on any atom is 0.119 e. The monoisotopic (exact) mass is 272 g/mol. The van der Waals surface area contributed by atoms with Gasteiger partial charge in [0.25, 0.3) is 0 Å². The molecular formula is C15H13ClN2O. The molecule has 2 aromatic carbocycles. The van der Waals surface area contributed by atoms with Crippen LogP contribution in [0.1, 0.15) is 5.56 Å². The Hall–Kier alpha value is -2.18. The average Bonchev–Trinajstić information content (AvgIpc) is 2.46. The van der Waals surface area contributed by atoms with E-state index in [0.29, 0.717) is 23.7 Å². The van der Waals surface area contributed by atoms with E-state index in [1.165, 1.54) is 0 Å². The molecule has 19 heavy (non-hydrogen) atoms. The molecule has 0 aromatic heterocycles. The van der Waals surface area contributed by atoms with Crippen molar-refractivity contribution in [2.24, 2.45) is 0 Å². The van der Waals surface area contributed by atoms with Crippen molar-refractivity contribution in [1.29, 1.82) is 5.26 Å². The summed E-state index contributed by atoms with van der Waals surface area (Å²) in [5.74, 6) is 0.843. The van der Waals surface area contributed by atoms with Crippen molar-refractivity contribution in [3.8, 4) is 11.8 Å². The zero-order valence-corrected chi connectivity index (χ0v) is 11.0. The first-order valence-corrected chi connectivity index (χ1v) is 6.29. The SMILES string of the molecule is N#Cc1ccc(NCCOc2ccccc2)c(Cl)c1. The Morgan fingerprint density at radius 2 is 1.95 bits per heavy atom. The van der Waals surface area contributed by atoms with Crippen LogP contribution in [0.15, 0.2) is 48.5 Å². The second kappa shape index (κ2) is 6.67. The standard InChI is InChI=1S/C15H13ClN2O/c16-14-10-12(11-17)6-7-15(14)18-8-9-19-13-4-2-1-3-5-13/h1-7,10,18H,8-9H2. The lowest BCUT2D eigenvalue weighted by Gasteiger charge is -2.09. The first-order valence-electron chi connectivity index (χ1n) is 5.91. The second-order valence-electron chi connectivity index (χ2n) is 3.89. The second-order valence-corrected chi connectivity index (χ2v) is 4.30. The van der Waals surface area contributed by atoms with E-state index < -0.39 is 0 Å². The number of nitriles is 1. The van der Waals surface area contributed by atoms with Gasteiger partial charge in [0.1, 0.15) is 12.4 Å². The summed E-state index contributed by atoms with van der Waals surface area (Å²) in [6.07, 6.45) is 0. The number of nitrogens with one attached hydrogen (secondary N) is 1. The number of para-hydroxylation sites is 1. The van der Waals surface area contributed by atoms with Gasteiger partial charge in [-0.25, -0.2) is 0 Å². The number of halogens is 1. The molecular weight excluding hydrogens is 260 g/mol. The largest absolute Gasteiger partial charge is 0.492 e. The van der Waals surface area contributed by atoms with Crippen molar-refractivity contribution in [3.05, 3.63) is 59.1 Å². The third-order valence-corrected chi connectivity index (χ3v) is 2.84. The fraction of sp³-hybridized carbons (Fsp3) is 0.133. The van der Waals surface area contributed by atoms with Crippen LogP contribution in [0.5, 0.6) is 5.75 Å². The van der Waals surface area contributed by atoms with E-state index in [0.717, 1.165) is 11.4 Å². The smallest absolute Gasteiger partial charge is 0.119 e. The van der Waals surface area contributed by atoms with E-state index in [-0.39, 0.29) is 0 Å². The van der Waals surface area contributed by atoms with Gasteiger partial charge in [-0.15, -0.1) is 0 Å². The predicted molar refractivity (Wildman–Crippen MR) is 76.6 cm³/mol. The fourth-order valence-corrected chi connectivity index (χ4v) is 1.85. The van der Waals surface area contributed by atoms with E-state index in [4.69, 9.17) is 21.6 Å². The summed E-state index contributed by atoms with van der Waals surface area (Å²) in [6, 6.07) is 16.8. The van der Waals surface area contributed by atoms with Gasteiger partial charge in [-0.2, -0.15) is 5.26 Å². The molecule has 0 atom stereocenters. The highest BCUT2D eigenvalue weighted by Crippen LogP contribution is 2.22. The van der Waals surface area contributed by atoms with Crippen LogP contribution in [-0.2, 0) is 0 Å². The zero-order valence-electron chi connectivity index (χ0n) is 10.3. The lowest BCUT2D eigenvalue weighted by atomic mass is 10.2. The number of hydrogen-bond donors (Lipinski definition) is 1. The van der Waals surface area contributed by atoms with E-state index in [1.54, 1.807) is 18.2 Å². The van der Waals surface area contributed by atoms with Gasteiger partial charge in [0, 0.05) is 6.54 Å². The molecule has 96 valence electrons. The Balaban J connectivity index is 1.82. The van der Waals surface area contributed by atoms with Crippen LogP contribution in [0.3, 0.4) is 0 Å². The maximum atomic E-state index is 8.74. The molecule has 0 spiro atoms. The molecule has 0 saturated heterocycles. The zero-order chi connectivity index (χ0) is 13.5. The molecule has 4 heteroatoms. The molecule has 0 radical (unpaired) electrons. The normalized spacial score (nSPS) is 9.68. The molecule has 2 rings (SSSR count). The Morgan fingerprint density at radius 3 is 2.63 bits per heavy atom. The van der Waals surface area contributed by atoms with Crippen LogP contribution in [-0.4, -0.2) is 13.2 Å². The van der Waals surface area contributed by atoms with Gasteiger partial charge in [-0.3, -0.25) is 0 Å². The summed E-state index contributed by atoms with van der Waals surface area (Å²) in [6.45, 7) is 1.18. The van der Waals surface area contributed by atoms with E-state index >= 15 is 0 Å². The van der Waals surface area contributed by atoms with Crippen LogP contribution >= 0.6 is 11.6 Å². The molecule has 0 fully saturated rings. The van der Waals surface area contributed by atoms with Crippen LogP contribution in [0, 0.1) is 11.3 Å². The minimum absolute atomic E-state index is 0.541. The van der Waals surface area contributed by atoms with Crippen molar-refractivity contribution in [3.63, 3.8) is 0 Å². The number of rotatable bonds is 5. The van der Waals surface area contributed by atoms with Crippen molar-refractivity contribution < 1.29 is 4.74 Å². The molecule has 2 aromatic rings. The minimum atomic E-state index is 0.541. The summed E-state index contributed by atoms with van der Waals surface area (Å²) in [5, 5.41) is 12.5. The highest BCUT2D eigenvalue weighted by Gasteiger charge is 2.01. The van der Waals surface area contributed by atoms with Crippen molar-refractivity contribution in [2.75, 3.05) is 18.5 Å². The molecule has 0 bridgehead atoms. The van der Waals surface area contributed by atoms with Crippen molar-refractivity contribution in [1.82, 2.24) is 0 Å². The third-order valence-electron chi connectivity index (χ3n) is 2.53. The van der Waals surface area contributed by atoms with Crippen LogP contribution in [0.4, 0.5) is 5.69 Å². The first kappa shape index (κ1) is 13.3. The van der Waals surface area contributed by atoms with Gasteiger partial charge < -0.3 is 10.1 Å². The molecule has 0 aliphatic carbocycles. The molecule has 0 saturated carbocycles. The molecule has 0 unspecified atom stereocenters. The quantitative estimate of drug-likeness (QED) is 0.844. The lowest BCUT2D eigenvalue weighted by Crippen LogP contribution is -2.11. The summed E-state index contributed by atoms with van der Waals surface area (Å²) in [7, 11) is 0. The fourth-order valence-electron chi connectivity index (χ4n) is 1.60. The summed E-state index contributed by atoms with van der Waals surface area (Å²) in [4.78, 5) is 0. The highest BCUT2D eigenvalue weighted by atomic mass is 35.5. The number of anilines is 1. The lowest BCUT2D eigenvalue weighted by molar-refractivity contribution is 0.333.